The summed E-state index contributed by atoms with van der Waals surface area (Å²) >= 11 is 0. The van der Waals surface area contributed by atoms with Gasteiger partial charge in [0.1, 0.15) is 5.69 Å². The maximum absolute atomic E-state index is 3.97. The Hall–Kier alpha value is -1.38. The van der Waals surface area contributed by atoms with Crippen LogP contribution in [0.3, 0.4) is 0 Å². The van der Waals surface area contributed by atoms with Crippen LogP contribution in [-0.4, -0.2) is 25.3 Å². The molecule has 0 aliphatic rings. The van der Waals surface area contributed by atoms with Crippen molar-refractivity contribution in [2.24, 2.45) is 4.99 Å². The van der Waals surface area contributed by atoms with Crippen molar-refractivity contribution in [3.63, 3.8) is 0 Å². The number of hydrogen-bond donors (Lipinski definition) is 0. The van der Waals surface area contributed by atoms with Crippen molar-refractivity contribution in [1.29, 1.82) is 0 Å². The second kappa shape index (κ2) is 3.85. The van der Waals surface area contributed by atoms with Gasteiger partial charge in [-0.15, -0.1) is 0 Å². The first kappa shape index (κ1) is 8.71. The number of hydrogen-bond acceptors (Lipinski definition) is 3. The number of aromatic nitrogens is 1. The fourth-order valence-electron chi connectivity index (χ4n) is 0.994. The van der Waals surface area contributed by atoms with Crippen LogP contribution in [0.1, 0.15) is 6.92 Å². The molecule has 0 fully saturated rings. The van der Waals surface area contributed by atoms with E-state index in [0.717, 1.165) is 17.9 Å². The molecule has 0 aromatic carbocycles. The Labute approximate surface area is 72.8 Å². The first-order chi connectivity index (χ1) is 5.79. The Morgan fingerprint density at radius 2 is 2.42 bits per heavy atom. The van der Waals surface area contributed by atoms with Gasteiger partial charge in [-0.3, -0.25) is 9.98 Å². The summed E-state index contributed by atoms with van der Waals surface area (Å²) < 4.78 is 0. The summed E-state index contributed by atoms with van der Waals surface area (Å²) in [5, 5.41) is 0. The third-order valence-corrected chi connectivity index (χ3v) is 1.83. The molecule has 64 valence electrons. The van der Waals surface area contributed by atoms with Crippen LogP contribution in [0.15, 0.2) is 23.5 Å². The predicted octanol–water partition coefficient (Wildman–Crippen LogP) is 1.87. The molecule has 0 atom stereocenters. The molecule has 3 nitrogen and oxygen atoms in total. The highest BCUT2D eigenvalue weighted by Gasteiger charge is 2.02. The van der Waals surface area contributed by atoms with Crippen molar-refractivity contribution in [1.82, 2.24) is 4.98 Å². The minimum atomic E-state index is 0.835. The molecule has 12 heavy (non-hydrogen) atoms. The molecule has 1 heterocycles. The normalized spacial score (nSPS) is 9.50. The minimum absolute atomic E-state index is 0.835. The zero-order valence-corrected chi connectivity index (χ0v) is 7.49. The summed E-state index contributed by atoms with van der Waals surface area (Å²) in [5.41, 5.74) is 1.91. The van der Waals surface area contributed by atoms with Crippen LogP contribution in [0, 0.1) is 0 Å². The van der Waals surface area contributed by atoms with Crippen LogP contribution in [0.5, 0.6) is 0 Å². The van der Waals surface area contributed by atoms with Gasteiger partial charge in [0.05, 0.1) is 11.9 Å². The summed E-state index contributed by atoms with van der Waals surface area (Å²) in [6, 6.07) is 1.94. The monoisotopic (exact) mass is 163 g/mol. The van der Waals surface area contributed by atoms with Crippen LogP contribution >= 0.6 is 0 Å². The second-order valence-electron chi connectivity index (χ2n) is 2.54. The number of anilines is 1. The highest BCUT2D eigenvalue weighted by atomic mass is 15.1. The van der Waals surface area contributed by atoms with E-state index in [1.807, 2.05) is 13.1 Å². The van der Waals surface area contributed by atoms with Crippen LogP contribution in [0.4, 0.5) is 11.4 Å². The molecule has 0 saturated carbocycles. The standard InChI is InChI=1S/C9H13N3/c1-4-12(3)9-5-6-11-7-8(9)10-2/h5-7H,2,4H2,1,3H3. The molecule has 0 saturated heterocycles. The van der Waals surface area contributed by atoms with E-state index < -0.39 is 0 Å². The fraction of sp³-hybridized carbons (Fsp3) is 0.333. The Morgan fingerprint density at radius 3 is 3.00 bits per heavy atom. The van der Waals surface area contributed by atoms with Crippen LogP contribution in [-0.2, 0) is 0 Å². The Balaban J connectivity index is 3.04. The van der Waals surface area contributed by atoms with Gasteiger partial charge >= 0.3 is 0 Å². The highest BCUT2D eigenvalue weighted by molar-refractivity contribution is 5.67. The van der Waals surface area contributed by atoms with Gasteiger partial charge < -0.3 is 4.90 Å². The molecule has 0 amide bonds. The zero-order valence-electron chi connectivity index (χ0n) is 7.49. The molecule has 1 aromatic rings. The molecular weight excluding hydrogens is 150 g/mol. The number of pyridine rings is 1. The Bertz CT molecular complexity index is 270. The molecule has 0 aliphatic heterocycles. The van der Waals surface area contributed by atoms with E-state index in [2.05, 4.69) is 28.5 Å². The van der Waals surface area contributed by atoms with Crippen molar-refractivity contribution in [2.45, 2.75) is 6.92 Å². The van der Waals surface area contributed by atoms with Crippen molar-refractivity contribution < 1.29 is 0 Å². The third-order valence-electron chi connectivity index (χ3n) is 1.83. The fourth-order valence-corrected chi connectivity index (χ4v) is 0.994. The van der Waals surface area contributed by atoms with E-state index >= 15 is 0 Å². The first-order valence-electron chi connectivity index (χ1n) is 3.91. The molecule has 3 heteroatoms. The highest BCUT2D eigenvalue weighted by Crippen LogP contribution is 2.24. The van der Waals surface area contributed by atoms with Crippen LogP contribution in [0.25, 0.3) is 0 Å². The quantitative estimate of drug-likeness (QED) is 0.636. The van der Waals surface area contributed by atoms with Crippen molar-refractivity contribution in [3.8, 4) is 0 Å². The lowest BCUT2D eigenvalue weighted by Crippen LogP contribution is -2.15. The minimum Gasteiger partial charge on any atom is -0.373 e. The van der Waals surface area contributed by atoms with E-state index in [0.29, 0.717) is 0 Å². The lowest BCUT2D eigenvalue weighted by molar-refractivity contribution is 0.965. The molecule has 1 rings (SSSR count). The number of nitrogens with zero attached hydrogens (tertiary/aromatic N) is 3. The summed E-state index contributed by atoms with van der Waals surface area (Å²) in [6.07, 6.45) is 3.48. The van der Waals surface area contributed by atoms with Gasteiger partial charge in [-0.2, -0.15) is 0 Å². The van der Waals surface area contributed by atoms with Gasteiger partial charge in [-0.05, 0) is 19.7 Å². The second-order valence-corrected chi connectivity index (χ2v) is 2.54. The number of rotatable bonds is 3. The Morgan fingerprint density at radius 1 is 1.67 bits per heavy atom. The average Bonchev–Trinajstić information content (AvgIpc) is 2.16. The summed E-state index contributed by atoms with van der Waals surface area (Å²) in [6.45, 7) is 6.53. The summed E-state index contributed by atoms with van der Waals surface area (Å²) in [7, 11) is 2.02. The Kier molecular flexibility index (Phi) is 2.80. The van der Waals surface area contributed by atoms with Crippen LogP contribution in [0.2, 0.25) is 0 Å². The van der Waals surface area contributed by atoms with Gasteiger partial charge in [0.25, 0.3) is 0 Å². The van der Waals surface area contributed by atoms with Gasteiger partial charge in [0.2, 0.25) is 0 Å². The van der Waals surface area contributed by atoms with E-state index in [-0.39, 0.29) is 0 Å². The van der Waals surface area contributed by atoms with Crippen LogP contribution < -0.4 is 4.90 Å². The smallest absolute Gasteiger partial charge is 0.104 e. The maximum Gasteiger partial charge on any atom is 0.104 e. The average molecular weight is 163 g/mol. The molecule has 0 spiro atoms. The molecule has 0 N–H and O–H groups in total. The topological polar surface area (TPSA) is 28.5 Å². The van der Waals surface area contributed by atoms with Crippen molar-refractivity contribution in [3.05, 3.63) is 18.5 Å². The molecule has 0 unspecified atom stereocenters. The lowest BCUT2D eigenvalue weighted by atomic mass is 10.3. The summed E-state index contributed by atoms with van der Waals surface area (Å²) in [4.78, 5) is 9.96. The third kappa shape index (κ3) is 1.61. The lowest BCUT2D eigenvalue weighted by Gasteiger charge is -2.17. The summed E-state index contributed by atoms with van der Waals surface area (Å²) in [5.74, 6) is 0. The van der Waals surface area contributed by atoms with E-state index in [1.54, 1.807) is 12.4 Å². The van der Waals surface area contributed by atoms with E-state index in [9.17, 15) is 0 Å². The van der Waals surface area contributed by atoms with Gasteiger partial charge in [0.15, 0.2) is 0 Å². The van der Waals surface area contributed by atoms with E-state index in [1.165, 1.54) is 0 Å². The SMILES string of the molecule is C=Nc1cnccc1N(C)CC. The molecule has 0 aliphatic carbocycles. The largest absolute Gasteiger partial charge is 0.373 e. The van der Waals surface area contributed by atoms with Crippen molar-refractivity contribution in [2.75, 3.05) is 18.5 Å². The first-order valence-corrected chi connectivity index (χ1v) is 3.91. The molecule has 0 bridgehead atoms. The number of aliphatic imine (C=N–C) groups is 1. The predicted molar refractivity (Wildman–Crippen MR) is 52.4 cm³/mol. The molecule has 0 radical (unpaired) electrons. The molecular formula is C9H13N3. The van der Waals surface area contributed by atoms with Gasteiger partial charge in [-0.25, -0.2) is 0 Å². The van der Waals surface area contributed by atoms with Gasteiger partial charge in [0, 0.05) is 19.8 Å². The maximum atomic E-state index is 3.97. The van der Waals surface area contributed by atoms with Gasteiger partial charge in [-0.1, -0.05) is 0 Å². The zero-order chi connectivity index (χ0) is 8.97. The molecule has 1 aromatic heterocycles. The van der Waals surface area contributed by atoms with E-state index in [4.69, 9.17) is 0 Å². The van der Waals surface area contributed by atoms with Crippen molar-refractivity contribution >= 4 is 18.1 Å².